The molecule has 26 heavy (non-hydrogen) atoms. The molecular formula is C21H29N3OS. The number of ether oxygens (including phenoxy) is 1. The first-order chi connectivity index (χ1) is 12.8. The van der Waals surface area contributed by atoms with Crippen molar-refractivity contribution in [1.29, 1.82) is 0 Å². The topological polar surface area (TPSA) is 28.6 Å². The SMILES string of the molecule is COCC1CN(Cc2cccs2)CC12CCN(Cc1ccncc1)CC2. The van der Waals surface area contributed by atoms with Crippen LogP contribution >= 0.6 is 11.3 Å². The summed E-state index contributed by atoms with van der Waals surface area (Å²) in [6.07, 6.45) is 6.36. The summed E-state index contributed by atoms with van der Waals surface area (Å²) in [6, 6.07) is 8.70. The number of hydrogen-bond acceptors (Lipinski definition) is 5. The summed E-state index contributed by atoms with van der Waals surface area (Å²) in [7, 11) is 1.86. The van der Waals surface area contributed by atoms with Crippen LogP contribution in [0.1, 0.15) is 23.3 Å². The van der Waals surface area contributed by atoms with Crippen LogP contribution in [0.4, 0.5) is 0 Å². The van der Waals surface area contributed by atoms with E-state index in [1.54, 1.807) is 0 Å². The quantitative estimate of drug-likeness (QED) is 0.777. The van der Waals surface area contributed by atoms with E-state index >= 15 is 0 Å². The van der Waals surface area contributed by atoms with Crippen LogP contribution in [0.15, 0.2) is 42.0 Å². The van der Waals surface area contributed by atoms with Crippen molar-refractivity contribution in [2.75, 3.05) is 39.9 Å². The Morgan fingerprint density at radius 3 is 2.65 bits per heavy atom. The highest BCUT2D eigenvalue weighted by molar-refractivity contribution is 7.09. The van der Waals surface area contributed by atoms with Gasteiger partial charge in [0.05, 0.1) is 6.61 Å². The second-order valence-electron chi connectivity index (χ2n) is 7.90. The Bertz CT molecular complexity index is 668. The second-order valence-corrected chi connectivity index (χ2v) is 8.93. The molecule has 0 aromatic carbocycles. The Morgan fingerprint density at radius 1 is 1.15 bits per heavy atom. The van der Waals surface area contributed by atoms with Crippen LogP contribution in [0.5, 0.6) is 0 Å². The van der Waals surface area contributed by atoms with Gasteiger partial charge in [-0.3, -0.25) is 14.8 Å². The maximum absolute atomic E-state index is 5.61. The molecule has 4 heterocycles. The van der Waals surface area contributed by atoms with Gasteiger partial charge in [0.15, 0.2) is 0 Å². The number of piperidine rings is 1. The van der Waals surface area contributed by atoms with Crippen molar-refractivity contribution in [2.45, 2.75) is 25.9 Å². The van der Waals surface area contributed by atoms with E-state index < -0.39 is 0 Å². The molecule has 1 atom stereocenters. The molecule has 0 radical (unpaired) electrons. The molecule has 2 saturated heterocycles. The lowest BCUT2D eigenvalue weighted by Crippen LogP contribution is -2.44. The maximum Gasteiger partial charge on any atom is 0.0508 e. The third-order valence-corrected chi connectivity index (χ3v) is 7.08. The number of likely N-dealkylation sites (tertiary alicyclic amines) is 2. The lowest BCUT2D eigenvalue weighted by atomic mass is 9.71. The number of nitrogens with zero attached hydrogens (tertiary/aromatic N) is 3. The van der Waals surface area contributed by atoms with Crippen molar-refractivity contribution in [2.24, 2.45) is 11.3 Å². The molecule has 0 bridgehead atoms. The molecular weight excluding hydrogens is 342 g/mol. The number of methoxy groups -OCH3 is 1. The van der Waals surface area contributed by atoms with Crippen LogP contribution in [0.25, 0.3) is 0 Å². The fraction of sp³-hybridized carbons (Fsp3) is 0.571. The van der Waals surface area contributed by atoms with Crippen molar-refractivity contribution in [1.82, 2.24) is 14.8 Å². The Balaban J connectivity index is 1.38. The van der Waals surface area contributed by atoms with Crippen LogP contribution in [0.2, 0.25) is 0 Å². The Labute approximate surface area is 160 Å². The van der Waals surface area contributed by atoms with E-state index in [2.05, 4.69) is 44.4 Å². The van der Waals surface area contributed by atoms with Crippen LogP contribution in [0.3, 0.4) is 0 Å². The third kappa shape index (κ3) is 4.01. The first kappa shape index (κ1) is 18.1. The van der Waals surface area contributed by atoms with Crippen molar-refractivity contribution in [3.63, 3.8) is 0 Å². The minimum Gasteiger partial charge on any atom is -0.384 e. The summed E-state index contributed by atoms with van der Waals surface area (Å²) in [5, 5.41) is 2.19. The fourth-order valence-electron chi connectivity index (χ4n) is 4.79. The van der Waals surface area contributed by atoms with E-state index in [0.29, 0.717) is 11.3 Å². The molecule has 140 valence electrons. The molecule has 0 amide bonds. The average molecular weight is 372 g/mol. The largest absolute Gasteiger partial charge is 0.384 e. The normalized spacial score (nSPS) is 23.7. The van der Waals surface area contributed by atoms with Crippen molar-refractivity contribution in [3.8, 4) is 0 Å². The van der Waals surface area contributed by atoms with Gasteiger partial charge in [-0.25, -0.2) is 0 Å². The molecule has 2 aliphatic rings. The smallest absolute Gasteiger partial charge is 0.0508 e. The highest BCUT2D eigenvalue weighted by atomic mass is 32.1. The van der Waals surface area contributed by atoms with Crippen LogP contribution in [-0.2, 0) is 17.8 Å². The summed E-state index contributed by atoms with van der Waals surface area (Å²) in [4.78, 5) is 10.9. The van der Waals surface area contributed by atoms with Gasteiger partial charge >= 0.3 is 0 Å². The highest BCUT2D eigenvalue weighted by Crippen LogP contribution is 2.45. The molecule has 2 aromatic rings. The van der Waals surface area contributed by atoms with Crippen molar-refractivity contribution in [3.05, 3.63) is 52.5 Å². The van der Waals surface area contributed by atoms with Gasteiger partial charge in [0.2, 0.25) is 0 Å². The van der Waals surface area contributed by atoms with Gasteiger partial charge in [-0.2, -0.15) is 0 Å². The standard InChI is InChI=1S/C21H29N3OS/c1-25-16-19-14-24(15-20-3-2-12-26-20)17-21(19)6-10-23(11-7-21)13-18-4-8-22-9-5-18/h2-5,8-9,12,19H,6-7,10-11,13-17H2,1H3. The molecule has 2 aromatic heterocycles. The fourth-order valence-corrected chi connectivity index (χ4v) is 5.53. The number of pyridine rings is 1. The summed E-state index contributed by atoms with van der Waals surface area (Å²) in [6.45, 7) is 7.82. The lowest BCUT2D eigenvalue weighted by molar-refractivity contribution is 0.0350. The van der Waals surface area contributed by atoms with Gasteiger partial charge in [0, 0.05) is 56.5 Å². The summed E-state index contributed by atoms with van der Waals surface area (Å²) in [5.74, 6) is 0.663. The van der Waals surface area contributed by atoms with Gasteiger partial charge in [-0.05, 0) is 60.5 Å². The zero-order valence-electron chi connectivity index (χ0n) is 15.6. The van der Waals surface area contributed by atoms with Crippen molar-refractivity contribution < 1.29 is 4.74 Å². The highest BCUT2D eigenvalue weighted by Gasteiger charge is 2.47. The van der Waals surface area contributed by atoms with E-state index in [1.807, 2.05) is 30.8 Å². The molecule has 4 nitrogen and oxygen atoms in total. The zero-order chi connectivity index (χ0) is 17.8. The van der Waals surface area contributed by atoms with Crippen LogP contribution in [0, 0.1) is 11.3 Å². The molecule has 2 aliphatic heterocycles. The second kappa shape index (κ2) is 8.17. The van der Waals surface area contributed by atoms with E-state index in [-0.39, 0.29) is 0 Å². The molecule has 4 rings (SSSR count). The summed E-state index contributed by atoms with van der Waals surface area (Å²) in [5.41, 5.74) is 1.80. The van der Waals surface area contributed by atoms with E-state index in [1.165, 1.54) is 49.5 Å². The van der Waals surface area contributed by atoms with Crippen LogP contribution < -0.4 is 0 Å². The molecule has 5 heteroatoms. The monoisotopic (exact) mass is 371 g/mol. The average Bonchev–Trinajstić information content (AvgIpc) is 3.28. The van der Waals surface area contributed by atoms with Gasteiger partial charge in [0.25, 0.3) is 0 Å². The van der Waals surface area contributed by atoms with E-state index in [4.69, 9.17) is 4.74 Å². The zero-order valence-corrected chi connectivity index (χ0v) is 16.5. The Morgan fingerprint density at radius 2 is 1.96 bits per heavy atom. The number of rotatable bonds is 6. The van der Waals surface area contributed by atoms with E-state index in [0.717, 1.165) is 19.7 Å². The molecule has 1 unspecified atom stereocenters. The lowest BCUT2D eigenvalue weighted by Gasteiger charge is -2.42. The van der Waals surface area contributed by atoms with E-state index in [9.17, 15) is 0 Å². The summed E-state index contributed by atoms with van der Waals surface area (Å²) >= 11 is 1.87. The molecule has 1 spiro atoms. The number of hydrogen-bond donors (Lipinski definition) is 0. The van der Waals surface area contributed by atoms with Crippen molar-refractivity contribution >= 4 is 11.3 Å². The number of aromatic nitrogens is 1. The predicted molar refractivity (Wildman–Crippen MR) is 106 cm³/mol. The van der Waals surface area contributed by atoms with Gasteiger partial charge < -0.3 is 4.74 Å². The Hall–Kier alpha value is -1.27. The summed E-state index contributed by atoms with van der Waals surface area (Å²) < 4.78 is 5.61. The number of thiophene rings is 1. The Kier molecular flexibility index (Phi) is 5.69. The minimum atomic E-state index is 0.433. The van der Waals surface area contributed by atoms with Gasteiger partial charge in [-0.1, -0.05) is 6.07 Å². The maximum atomic E-state index is 5.61. The predicted octanol–water partition coefficient (Wildman–Crippen LogP) is 3.50. The minimum absolute atomic E-state index is 0.433. The van der Waals surface area contributed by atoms with Gasteiger partial charge in [-0.15, -0.1) is 11.3 Å². The molecule has 0 N–H and O–H groups in total. The van der Waals surface area contributed by atoms with Crippen LogP contribution in [-0.4, -0.2) is 54.7 Å². The first-order valence-corrected chi connectivity index (χ1v) is 10.5. The molecule has 0 saturated carbocycles. The molecule has 0 aliphatic carbocycles. The van der Waals surface area contributed by atoms with Gasteiger partial charge in [0.1, 0.15) is 0 Å². The molecule has 2 fully saturated rings. The third-order valence-electron chi connectivity index (χ3n) is 6.22. The first-order valence-electron chi connectivity index (χ1n) is 9.62.